The first-order valence-corrected chi connectivity index (χ1v) is 9.20. The Morgan fingerprint density at radius 3 is 1.71 bits per heavy atom. The first kappa shape index (κ1) is 20.3. The van der Waals surface area contributed by atoms with Crippen LogP contribution >= 0.6 is 0 Å². The Hall–Kier alpha value is -1.71. The van der Waals surface area contributed by atoms with Crippen LogP contribution in [0.2, 0.25) is 0 Å². The van der Waals surface area contributed by atoms with E-state index in [2.05, 4.69) is 13.8 Å². The zero-order valence-corrected chi connectivity index (χ0v) is 15.4. The monoisotopic (exact) mass is 336 g/mol. The van der Waals surface area contributed by atoms with Gasteiger partial charge in [0.05, 0.1) is 25.9 Å². The number of hydrogen-bond acceptors (Lipinski definition) is 4. The molecule has 0 saturated carbocycles. The Morgan fingerprint density at radius 2 is 1.29 bits per heavy atom. The van der Waals surface area contributed by atoms with Gasteiger partial charge in [-0.1, -0.05) is 52.4 Å². The quantitative estimate of drug-likeness (QED) is 0.358. The van der Waals surface area contributed by atoms with Crippen molar-refractivity contribution in [3.05, 3.63) is 23.8 Å². The molecular formula is C20H32O4. The summed E-state index contributed by atoms with van der Waals surface area (Å²) in [5.41, 5.74) is 0.465. The van der Waals surface area contributed by atoms with E-state index in [0.29, 0.717) is 30.3 Å². The third kappa shape index (κ3) is 8.23. The molecule has 0 aliphatic rings. The maximum absolute atomic E-state index is 11.8. The van der Waals surface area contributed by atoms with Crippen LogP contribution in [0.4, 0.5) is 0 Å². The summed E-state index contributed by atoms with van der Waals surface area (Å²) in [6.45, 7) is 5.68. The first-order valence-electron chi connectivity index (χ1n) is 9.20. The minimum atomic E-state index is -0.373. The predicted octanol–water partition coefficient (Wildman–Crippen LogP) is 5.39. The van der Waals surface area contributed by atoms with Gasteiger partial charge in [-0.25, -0.2) is 4.79 Å². The third-order valence-electron chi connectivity index (χ3n) is 3.83. The van der Waals surface area contributed by atoms with Crippen LogP contribution < -0.4 is 9.47 Å². The molecule has 4 heteroatoms. The van der Waals surface area contributed by atoms with E-state index in [0.717, 1.165) is 25.7 Å². The van der Waals surface area contributed by atoms with E-state index in [1.165, 1.54) is 32.8 Å². The average molecular weight is 336 g/mol. The molecule has 4 nitrogen and oxygen atoms in total. The van der Waals surface area contributed by atoms with Gasteiger partial charge in [0.15, 0.2) is 0 Å². The molecule has 0 amide bonds. The fourth-order valence-electron chi connectivity index (χ4n) is 2.41. The zero-order chi connectivity index (χ0) is 17.6. The molecule has 0 atom stereocenters. The molecule has 24 heavy (non-hydrogen) atoms. The van der Waals surface area contributed by atoms with Crippen molar-refractivity contribution in [3.8, 4) is 11.5 Å². The molecule has 0 aliphatic heterocycles. The second kappa shape index (κ2) is 12.7. The van der Waals surface area contributed by atoms with Gasteiger partial charge in [-0.15, -0.1) is 0 Å². The van der Waals surface area contributed by atoms with Gasteiger partial charge in [0, 0.05) is 6.07 Å². The van der Waals surface area contributed by atoms with Crippen LogP contribution in [-0.4, -0.2) is 26.3 Å². The number of carbonyl (C=O) groups is 1. The van der Waals surface area contributed by atoms with Crippen molar-refractivity contribution < 1.29 is 19.0 Å². The summed E-state index contributed by atoms with van der Waals surface area (Å²) in [6.07, 6.45) is 9.20. The lowest BCUT2D eigenvalue weighted by molar-refractivity contribution is 0.0599. The van der Waals surface area contributed by atoms with Crippen molar-refractivity contribution in [1.82, 2.24) is 0 Å². The highest BCUT2D eigenvalue weighted by Crippen LogP contribution is 2.24. The first-order chi connectivity index (χ1) is 11.7. The van der Waals surface area contributed by atoms with Gasteiger partial charge in [-0.3, -0.25) is 0 Å². The van der Waals surface area contributed by atoms with Crippen LogP contribution in [0.1, 0.15) is 75.6 Å². The molecule has 0 N–H and O–H groups in total. The number of esters is 1. The Bertz CT molecular complexity index is 438. The van der Waals surface area contributed by atoms with Gasteiger partial charge >= 0.3 is 5.97 Å². The van der Waals surface area contributed by atoms with E-state index >= 15 is 0 Å². The van der Waals surface area contributed by atoms with Crippen LogP contribution in [0, 0.1) is 0 Å². The topological polar surface area (TPSA) is 44.8 Å². The predicted molar refractivity (Wildman–Crippen MR) is 97.1 cm³/mol. The number of ether oxygens (including phenoxy) is 3. The van der Waals surface area contributed by atoms with Crippen molar-refractivity contribution in [2.75, 3.05) is 20.3 Å². The van der Waals surface area contributed by atoms with Crippen molar-refractivity contribution >= 4 is 5.97 Å². The lowest BCUT2D eigenvalue weighted by atomic mass is 10.2. The molecule has 0 aliphatic carbocycles. The minimum Gasteiger partial charge on any atom is -0.493 e. The second-order valence-corrected chi connectivity index (χ2v) is 6.00. The maximum Gasteiger partial charge on any atom is 0.338 e. The lowest BCUT2D eigenvalue weighted by Gasteiger charge is -2.12. The van der Waals surface area contributed by atoms with Crippen LogP contribution in [0.3, 0.4) is 0 Å². The summed E-state index contributed by atoms with van der Waals surface area (Å²) >= 11 is 0. The normalized spacial score (nSPS) is 10.5. The van der Waals surface area contributed by atoms with Crippen LogP contribution in [0.5, 0.6) is 11.5 Å². The maximum atomic E-state index is 11.8. The standard InChI is InChI=1S/C20H32O4/c1-4-6-8-10-12-23-18-14-17(20(21)22-3)15-19(16-18)24-13-11-9-7-5-2/h14-16H,4-13H2,1-3H3. The summed E-state index contributed by atoms with van der Waals surface area (Å²) in [5.74, 6) is 0.957. The molecule has 0 bridgehead atoms. The molecule has 0 radical (unpaired) electrons. The molecule has 0 heterocycles. The highest BCUT2D eigenvalue weighted by atomic mass is 16.5. The SMILES string of the molecule is CCCCCCOc1cc(OCCCCCC)cc(C(=O)OC)c1. The average Bonchev–Trinajstić information content (AvgIpc) is 2.60. The summed E-state index contributed by atoms with van der Waals surface area (Å²) in [7, 11) is 1.38. The van der Waals surface area contributed by atoms with Crippen molar-refractivity contribution in [3.63, 3.8) is 0 Å². The molecule has 0 fully saturated rings. The van der Waals surface area contributed by atoms with Gasteiger partial charge in [-0.05, 0) is 25.0 Å². The van der Waals surface area contributed by atoms with E-state index in [-0.39, 0.29) is 5.97 Å². The zero-order valence-electron chi connectivity index (χ0n) is 15.4. The van der Waals surface area contributed by atoms with Crippen LogP contribution in [0.15, 0.2) is 18.2 Å². The summed E-state index contributed by atoms with van der Waals surface area (Å²) in [4.78, 5) is 11.8. The fourth-order valence-corrected chi connectivity index (χ4v) is 2.41. The van der Waals surface area contributed by atoms with E-state index in [4.69, 9.17) is 14.2 Å². The van der Waals surface area contributed by atoms with Crippen LogP contribution in [-0.2, 0) is 4.74 Å². The van der Waals surface area contributed by atoms with Crippen molar-refractivity contribution in [2.45, 2.75) is 65.2 Å². The summed E-state index contributed by atoms with van der Waals surface area (Å²) in [5, 5.41) is 0. The van der Waals surface area contributed by atoms with Gasteiger partial charge < -0.3 is 14.2 Å². The summed E-state index contributed by atoms with van der Waals surface area (Å²) < 4.78 is 16.4. The second-order valence-electron chi connectivity index (χ2n) is 6.00. The smallest absolute Gasteiger partial charge is 0.338 e. The van der Waals surface area contributed by atoms with Gasteiger partial charge in [-0.2, -0.15) is 0 Å². The van der Waals surface area contributed by atoms with E-state index in [1.54, 1.807) is 12.1 Å². The van der Waals surface area contributed by atoms with E-state index in [9.17, 15) is 4.79 Å². The third-order valence-corrected chi connectivity index (χ3v) is 3.83. The van der Waals surface area contributed by atoms with Crippen molar-refractivity contribution in [2.24, 2.45) is 0 Å². The highest BCUT2D eigenvalue weighted by molar-refractivity contribution is 5.90. The molecule has 1 aromatic rings. The Labute approximate surface area is 146 Å². The lowest BCUT2D eigenvalue weighted by Crippen LogP contribution is -2.05. The Balaban J connectivity index is 2.60. The number of hydrogen-bond donors (Lipinski definition) is 0. The molecule has 136 valence electrons. The van der Waals surface area contributed by atoms with E-state index < -0.39 is 0 Å². The summed E-state index contributed by atoms with van der Waals surface area (Å²) in [6, 6.07) is 5.29. The molecule has 0 unspecified atom stereocenters. The number of unbranched alkanes of at least 4 members (excludes halogenated alkanes) is 6. The molecular weight excluding hydrogens is 304 g/mol. The molecule has 0 aromatic heterocycles. The number of rotatable bonds is 13. The number of methoxy groups -OCH3 is 1. The molecule has 0 saturated heterocycles. The molecule has 1 aromatic carbocycles. The number of carbonyl (C=O) groups excluding carboxylic acids is 1. The Kier molecular flexibility index (Phi) is 10.7. The fraction of sp³-hybridized carbons (Fsp3) is 0.650. The highest BCUT2D eigenvalue weighted by Gasteiger charge is 2.10. The van der Waals surface area contributed by atoms with Crippen LogP contribution in [0.25, 0.3) is 0 Å². The minimum absolute atomic E-state index is 0.373. The van der Waals surface area contributed by atoms with Gasteiger partial charge in [0.1, 0.15) is 11.5 Å². The Morgan fingerprint density at radius 1 is 0.792 bits per heavy atom. The van der Waals surface area contributed by atoms with E-state index in [1.807, 2.05) is 6.07 Å². The largest absolute Gasteiger partial charge is 0.493 e. The van der Waals surface area contributed by atoms with Crippen molar-refractivity contribution in [1.29, 1.82) is 0 Å². The molecule has 1 rings (SSSR count). The number of benzene rings is 1. The molecule has 0 spiro atoms. The van der Waals surface area contributed by atoms with Gasteiger partial charge in [0.25, 0.3) is 0 Å². The van der Waals surface area contributed by atoms with Gasteiger partial charge in [0.2, 0.25) is 0 Å².